The van der Waals surface area contributed by atoms with E-state index in [2.05, 4.69) is 5.32 Å². The number of hydrazine groups is 1. The fraction of sp³-hybridized carbons (Fsp3) is 0.281. The summed E-state index contributed by atoms with van der Waals surface area (Å²) in [6.07, 6.45) is 3.21. The molecular formula is C32H31F2N5O4. The predicted molar refractivity (Wildman–Crippen MR) is 153 cm³/mol. The summed E-state index contributed by atoms with van der Waals surface area (Å²) >= 11 is 0. The first kappa shape index (κ1) is 28.4. The van der Waals surface area contributed by atoms with Crippen molar-refractivity contribution in [3.63, 3.8) is 0 Å². The highest BCUT2D eigenvalue weighted by Gasteiger charge is 2.51. The van der Waals surface area contributed by atoms with E-state index in [0.717, 1.165) is 17.7 Å². The van der Waals surface area contributed by atoms with E-state index < -0.39 is 35.8 Å². The fourth-order valence-electron chi connectivity index (χ4n) is 5.70. The summed E-state index contributed by atoms with van der Waals surface area (Å²) in [4.78, 5) is 44.5. The number of urea groups is 1. The molecule has 222 valence electrons. The molecule has 0 aromatic heterocycles. The van der Waals surface area contributed by atoms with Crippen LogP contribution in [0.5, 0.6) is 5.75 Å². The largest absolute Gasteiger partial charge is 0.508 e. The van der Waals surface area contributed by atoms with Crippen LogP contribution in [0.25, 0.3) is 0 Å². The van der Waals surface area contributed by atoms with Gasteiger partial charge in [-0.05, 0) is 29.3 Å². The summed E-state index contributed by atoms with van der Waals surface area (Å²) in [5, 5.41) is 15.9. The fourth-order valence-corrected chi connectivity index (χ4v) is 5.70. The molecule has 3 aromatic rings. The Morgan fingerprint density at radius 2 is 1.70 bits per heavy atom. The molecular weight excluding hydrogens is 556 g/mol. The molecule has 9 nitrogen and oxygen atoms in total. The minimum Gasteiger partial charge on any atom is -0.508 e. The summed E-state index contributed by atoms with van der Waals surface area (Å²) in [5.41, 5.74) is 1.71. The molecule has 4 amide bonds. The van der Waals surface area contributed by atoms with Gasteiger partial charge in [-0.3, -0.25) is 9.59 Å². The molecule has 2 atom stereocenters. The van der Waals surface area contributed by atoms with Crippen molar-refractivity contribution >= 4 is 17.8 Å². The number of fused-ring (bicyclic) bond motifs is 1. The van der Waals surface area contributed by atoms with Crippen molar-refractivity contribution in [2.24, 2.45) is 5.92 Å². The van der Waals surface area contributed by atoms with Crippen molar-refractivity contribution in [3.05, 3.63) is 113 Å². The van der Waals surface area contributed by atoms with Gasteiger partial charge in [-0.25, -0.2) is 23.6 Å². The number of carbonyl (C=O) groups excluding carboxylic acids is 3. The number of nitrogens with zero attached hydrogens (tertiary/aromatic N) is 4. The van der Waals surface area contributed by atoms with Gasteiger partial charge < -0.3 is 20.2 Å². The highest BCUT2D eigenvalue weighted by atomic mass is 19.1. The quantitative estimate of drug-likeness (QED) is 0.394. The molecule has 2 aliphatic heterocycles. The van der Waals surface area contributed by atoms with E-state index >= 15 is 0 Å². The van der Waals surface area contributed by atoms with Gasteiger partial charge in [0.25, 0.3) is 0 Å². The Morgan fingerprint density at radius 3 is 2.40 bits per heavy atom. The third kappa shape index (κ3) is 6.21. The molecule has 0 unspecified atom stereocenters. The molecule has 3 aliphatic rings. The maximum absolute atomic E-state index is 14.7. The van der Waals surface area contributed by atoms with E-state index in [9.17, 15) is 28.3 Å². The molecule has 11 heteroatoms. The second-order valence-corrected chi connectivity index (χ2v) is 11.0. The number of hydrogen-bond acceptors (Lipinski definition) is 5. The Bertz CT molecular complexity index is 1550. The average molecular weight is 588 g/mol. The Labute approximate surface area is 247 Å². The minimum absolute atomic E-state index is 0.0599. The number of amides is 4. The zero-order valence-corrected chi connectivity index (χ0v) is 23.3. The number of benzene rings is 3. The van der Waals surface area contributed by atoms with Gasteiger partial charge in [0.15, 0.2) is 0 Å². The average Bonchev–Trinajstić information content (AvgIpc) is 3.81. The smallest absolute Gasteiger partial charge is 0.334 e. The molecule has 2 saturated heterocycles. The van der Waals surface area contributed by atoms with E-state index in [1.807, 2.05) is 42.5 Å². The van der Waals surface area contributed by atoms with E-state index in [0.29, 0.717) is 12.1 Å². The third-order valence-corrected chi connectivity index (χ3v) is 7.95. The van der Waals surface area contributed by atoms with Crippen LogP contribution < -0.4 is 5.32 Å². The van der Waals surface area contributed by atoms with Gasteiger partial charge in [0, 0.05) is 43.6 Å². The van der Waals surface area contributed by atoms with Gasteiger partial charge in [-0.2, -0.15) is 0 Å². The monoisotopic (exact) mass is 587 g/mol. The summed E-state index contributed by atoms with van der Waals surface area (Å²) in [5.74, 6) is -2.06. The molecule has 0 bridgehead atoms. The lowest BCUT2D eigenvalue weighted by Gasteiger charge is -2.55. The number of phenolic OH excluding ortho intramolecular Hbond substituents is 1. The Hall–Kier alpha value is -4.77. The van der Waals surface area contributed by atoms with Gasteiger partial charge in [0.1, 0.15) is 29.6 Å². The van der Waals surface area contributed by atoms with Crippen LogP contribution >= 0.6 is 0 Å². The van der Waals surface area contributed by atoms with Crippen molar-refractivity contribution in [1.82, 2.24) is 25.1 Å². The Morgan fingerprint density at radius 1 is 0.953 bits per heavy atom. The molecule has 2 fully saturated rings. The molecule has 3 aromatic carbocycles. The SMILES string of the molecule is O=C1[C@H](Cc2ccc(O)cc2)N2C(=O)CN(CC3C=C3)N(C(=O)NCc3ccccc3)[C@H]2CN1Cc1ccc(F)cc1F. The number of phenols is 1. The lowest BCUT2D eigenvalue weighted by Crippen LogP contribution is -2.76. The van der Waals surface area contributed by atoms with Crippen molar-refractivity contribution in [2.75, 3.05) is 19.6 Å². The van der Waals surface area contributed by atoms with Crippen LogP contribution in [0.15, 0.2) is 84.9 Å². The van der Waals surface area contributed by atoms with Gasteiger partial charge in [-0.15, -0.1) is 0 Å². The van der Waals surface area contributed by atoms with Crippen LogP contribution in [0.3, 0.4) is 0 Å². The first-order valence-electron chi connectivity index (χ1n) is 14.1. The van der Waals surface area contributed by atoms with Crippen LogP contribution in [0.4, 0.5) is 13.6 Å². The van der Waals surface area contributed by atoms with E-state index in [4.69, 9.17) is 0 Å². The van der Waals surface area contributed by atoms with Crippen LogP contribution in [0.1, 0.15) is 16.7 Å². The molecule has 2 heterocycles. The number of halogens is 2. The number of carbonyl (C=O) groups is 3. The second-order valence-electron chi connectivity index (χ2n) is 11.0. The highest BCUT2D eigenvalue weighted by Crippen LogP contribution is 2.31. The molecule has 1 aliphatic carbocycles. The minimum atomic E-state index is -0.995. The zero-order valence-electron chi connectivity index (χ0n) is 23.3. The van der Waals surface area contributed by atoms with Crippen LogP contribution in [0.2, 0.25) is 0 Å². The zero-order chi connectivity index (χ0) is 30.1. The highest BCUT2D eigenvalue weighted by molar-refractivity contribution is 5.91. The normalized spacial score (nSPS) is 20.4. The lowest BCUT2D eigenvalue weighted by atomic mass is 9.98. The molecule has 0 radical (unpaired) electrons. The van der Waals surface area contributed by atoms with E-state index in [-0.39, 0.29) is 55.7 Å². The van der Waals surface area contributed by atoms with E-state index in [1.54, 1.807) is 17.1 Å². The topological polar surface area (TPSA) is 96.4 Å². The molecule has 2 N–H and O–H groups in total. The summed E-state index contributed by atoms with van der Waals surface area (Å²) < 4.78 is 28.4. The predicted octanol–water partition coefficient (Wildman–Crippen LogP) is 3.41. The lowest BCUT2D eigenvalue weighted by molar-refractivity contribution is -0.191. The van der Waals surface area contributed by atoms with Gasteiger partial charge in [0.2, 0.25) is 11.8 Å². The maximum Gasteiger partial charge on any atom is 0.334 e. The van der Waals surface area contributed by atoms with Gasteiger partial charge >= 0.3 is 6.03 Å². The number of aromatic hydroxyl groups is 1. The summed E-state index contributed by atoms with van der Waals surface area (Å²) in [6.45, 7) is 0.337. The second kappa shape index (κ2) is 11.8. The number of piperazine rings is 1. The van der Waals surface area contributed by atoms with Crippen LogP contribution in [0, 0.1) is 17.6 Å². The van der Waals surface area contributed by atoms with E-state index in [1.165, 1.54) is 33.0 Å². The van der Waals surface area contributed by atoms with Crippen molar-refractivity contribution in [3.8, 4) is 5.75 Å². The molecule has 6 rings (SSSR count). The maximum atomic E-state index is 14.7. The van der Waals surface area contributed by atoms with Crippen LogP contribution in [-0.4, -0.2) is 74.6 Å². The van der Waals surface area contributed by atoms with Crippen molar-refractivity contribution in [1.29, 1.82) is 0 Å². The summed E-state index contributed by atoms with van der Waals surface area (Å²) in [7, 11) is 0. The molecule has 43 heavy (non-hydrogen) atoms. The molecule has 0 spiro atoms. The summed E-state index contributed by atoms with van der Waals surface area (Å²) in [6, 6.07) is 17.5. The Kier molecular flexibility index (Phi) is 7.81. The Balaban J connectivity index is 1.34. The van der Waals surface area contributed by atoms with Crippen LogP contribution in [-0.2, 0) is 29.1 Å². The van der Waals surface area contributed by atoms with Crippen molar-refractivity contribution in [2.45, 2.75) is 31.7 Å². The first-order chi connectivity index (χ1) is 20.8. The third-order valence-electron chi connectivity index (χ3n) is 7.95. The number of nitrogens with one attached hydrogen (secondary N) is 1. The van der Waals surface area contributed by atoms with Gasteiger partial charge in [-0.1, -0.05) is 60.7 Å². The first-order valence-corrected chi connectivity index (χ1v) is 14.1. The van der Waals surface area contributed by atoms with Gasteiger partial charge in [0.05, 0.1) is 13.1 Å². The number of hydrogen-bond donors (Lipinski definition) is 2. The molecule has 0 saturated carbocycles. The van der Waals surface area contributed by atoms with Crippen molar-refractivity contribution < 1.29 is 28.3 Å². The standard InChI is InChI=1S/C32H31F2N5O4/c33-25-11-10-24(27(34)15-25)18-36-19-29-38(28(31(36)42)14-21-8-12-26(40)13-9-21)30(41)20-37(17-23-6-7-23)39(29)32(43)35-16-22-4-2-1-3-5-22/h1-13,15,23,28-29,40H,14,16-20H2,(H,35,43)/t28-,29-/m0/s1. The number of rotatable bonds is 8.